The molecule has 0 N–H and O–H groups in total. The van der Waals surface area contributed by atoms with Crippen LogP contribution in [-0.2, 0) is 17.7 Å². The molecule has 210 valence electrons. The third-order valence-corrected chi connectivity index (χ3v) is 13.6. The van der Waals surface area contributed by atoms with E-state index in [2.05, 4.69) is 121 Å². The Morgan fingerprint density at radius 1 is 0.472 bits per heavy atom. The Kier molecular flexibility index (Phi) is 11.7. The summed E-state index contributed by atoms with van der Waals surface area (Å²) >= 11 is 0. The Morgan fingerprint density at radius 2 is 0.694 bits per heavy atom. The Balaban J connectivity index is 3.72. The zero-order valence-electron chi connectivity index (χ0n) is 26.2. The van der Waals surface area contributed by atoms with E-state index in [1.165, 1.54) is 10.4 Å². The standard InChI is InChI=1S/C30H58O4Si2/c1-15-17-23-35(31-27(3,4)5,32-28(6,7)8)25-19-21-26(22-20-25)36(24-18-16-2,33-29(9,10)11)34-30(12,13)14/h19-22H,15-18,23-24H2,1-14H3. The van der Waals surface area contributed by atoms with Gasteiger partial charge in [-0.25, -0.2) is 0 Å². The molecule has 6 heteroatoms. The number of unbranched alkanes of at least 4 members (excludes halogenated alkanes) is 2. The molecule has 0 amide bonds. The van der Waals surface area contributed by atoms with Crippen LogP contribution in [0.15, 0.2) is 24.3 Å². The minimum absolute atomic E-state index is 0.297. The van der Waals surface area contributed by atoms with Crippen LogP contribution in [0.5, 0.6) is 0 Å². The maximum Gasteiger partial charge on any atom is 0.373 e. The molecule has 0 unspecified atom stereocenters. The molecule has 0 saturated carbocycles. The summed E-state index contributed by atoms with van der Waals surface area (Å²) in [5, 5.41) is 2.38. The zero-order valence-corrected chi connectivity index (χ0v) is 28.2. The molecule has 0 radical (unpaired) electrons. The quantitative estimate of drug-likeness (QED) is 0.254. The molecule has 36 heavy (non-hydrogen) atoms. The number of benzene rings is 1. The first-order valence-corrected chi connectivity index (χ1v) is 18.1. The van der Waals surface area contributed by atoms with Crippen molar-refractivity contribution in [3.8, 4) is 0 Å². The second-order valence-electron chi connectivity index (χ2n) is 14.1. The molecule has 0 atom stereocenters. The SMILES string of the molecule is CCCC[Si](OC(C)(C)C)(OC(C)(C)C)c1ccc([Si](CCCC)(OC(C)(C)C)OC(C)(C)C)cc1. The average molecular weight is 539 g/mol. The average Bonchev–Trinajstić information content (AvgIpc) is 2.65. The molecule has 4 nitrogen and oxygen atoms in total. The van der Waals surface area contributed by atoms with E-state index in [0.29, 0.717) is 0 Å². The van der Waals surface area contributed by atoms with Gasteiger partial charge in [0.25, 0.3) is 0 Å². The van der Waals surface area contributed by atoms with E-state index in [0.717, 1.165) is 37.8 Å². The highest BCUT2D eigenvalue weighted by Crippen LogP contribution is 2.31. The first-order valence-electron chi connectivity index (χ1n) is 14.1. The van der Waals surface area contributed by atoms with Crippen LogP contribution >= 0.6 is 0 Å². The highest BCUT2D eigenvalue weighted by atomic mass is 28.4. The van der Waals surface area contributed by atoms with E-state index in [1.807, 2.05) is 0 Å². The van der Waals surface area contributed by atoms with Crippen molar-refractivity contribution in [1.82, 2.24) is 0 Å². The van der Waals surface area contributed by atoms with Gasteiger partial charge < -0.3 is 17.7 Å². The molecule has 0 aliphatic heterocycles. The lowest BCUT2D eigenvalue weighted by atomic mass is 10.2. The van der Waals surface area contributed by atoms with Crippen molar-refractivity contribution in [2.24, 2.45) is 0 Å². The van der Waals surface area contributed by atoms with Crippen LogP contribution in [0.4, 0.5) is 0 Å². The van der Waals surface area contributed by atoms with Gasteiger partial charge in [-0.1, -0.05) is 63.8 Å². The van der Waals surface area contributed by atoms with E-state index in [9.17, 15) is 0 Å². The monoisotopic (exact) mass is 538 g/mol. The van der Waals surface area contributed by atoms with Crippen LogP contribution in [0.2, 0.25) is 12.1 Å². The molecule has 0 spiro atoms. The lowest BCUT2D eigenvalue weighted by molar-refractivity contribution is 0.0201. The van der Waals surface area contributed by atoms with Gasteiger partial charge in [0.05, 0.1) is 22.4 Å². The Hall–Kier alpha value is -0.506. The lowest BCUT2D eigenvalue weighted by Gasteiger charge is -2.43. The van der Waals surface area contributed by atoms with Crippen LogP contribution in [0.3, 0.4) is 0 Å². The molecule has 0 aliphatic carbocycles. The van der Waals surface area contributed by atoms with Crippen LogP contribution in [0, 0.1) is 0 Å². The van der Waals surface area contributed by atoms with Crippen LogP contribution in [-0.4, -0.2) is 39.5 Å². The molecule has 0 aliphatic rings. The minimum Gasteiger partial charge on any atom is -0.386 e. The third-order valence-electron chi connectivity index (χ3n) is 5.37. The maximum absolute atomic E-state index is 6.91. The van der Waals surface area contributed by atoms with Gasteiger partial charge in [-0.05, 0) is 106 Å². The van der Waals surface area contributed by atoms with Crippen molar-refractivity contribution in [3.05, 3.63) is 24.3 Å². The summed E-state index contributed by atoms with van der Waals surface area (Å²) in [6.45, 7) is 30.1. The van der Waals surface area contributed by atoms with E-state index in [-0.39, 0.29) is 22.4 Å². The van der Waals surface area contributed by atoms with Crippen molar-refractivity contribution in [2.45, 2.75) is 157 Å². The van der Waals surface area contributed by atoms with E-state index in [1.54, 1.807) is 0 Å². The van der Waals surface area contributed by atoms with Gasteiger partial charge in [0.1, 0.15) is 0 Å². The van der Waals surface area contributed by atoms with Gasteiger partial charge in [0, 0.05) is 0 Å². The van der Waals surface area contributed by atoms with Gasteiger partial charge in [-0.15, -0.1) is 0 Å². The van der Waals surface area contributed by atoms with Gasteiger partial charge in [0.2, 0.25) is 0 Å². The van der Waals surface area contributed by atoms with Crippen molar-refractivity contribution in [2.75, 3.05) is 0 Å². The van der Waals surface area contributed by atoms with Gasteiger partial charge in [0.15, 0.2) is 0 Å². The molecule has 1 rings (SSSR count). The summed E-state index contributed by atoms with van der Waals surface area (Å²) < 4.78 is 27.6. The minimum atomic E-state index is -2.73. The number of hydrogen-bond donors (Lipinski definition) is 0. The summed E-state index contributed by atoms with van der Waals surface area (Å²) in [5.41, 5.74) is -1.19. The lowest BCUT2D eigenvalue weighted by Crippen LogP contribution is -2.62. The Morgan fingerprint density at radius 3 is 0.861 bits per heavy atom. The number of rotatable bonds is 12. The van der Waals surface area contributed by atoms with Gasteiger partial charge >= 0.3 is 17.1 Å². The Bertz CT molecular complexity index is 679. The second-order valence-corrected chi connectivity index (χ2v) is 20.1. The molecule has 0 saturated heterocycles. The van der Waals surface area contributed by atoms with Crippen LogP contribution in [0.25, 0.3) is 0 Å². The van der Waals surface area contributed by atoms with Crippen molar-refractivity contribution in [1.29, 1.82) is 0 Å². The fourth-order valence-electron chi connectivity index (χ4n) is 4.55. The molecule has 1 aromatic rings. The van der Waals surface area contributed by atoms with Crippen molar-refractivity contribution in [3.63, 3.8) is 0 Å². The molecular weight excluding hydrogens is 480 g/mol. The van der Waals surface area contributed by atoms with E-state index >= 15 is 0 Å². The predicted molar refractivity (Wildman–Crippen MR) is 160 cm³/mol. The third kappa shape index (κ3) is 11.5. The van der Waals surface area contributed by atoms with Crippen LogP contribution < -0.4 is 10.4 Å². The van der Waals surface area contributed by atoms with E-state index < -0.39 is 17.1 Å². The largest absolute Gasteiger partial charge is 0.386 e. The maximum atomic E-state index is 6.91. The number of hydrogen-bond acceptors (Lipinski definition) is 4. The molecule has 1 aromatic carbocycles. The zero-order chi connectivity index (χ0) is 28.1. The predicted octanol–water partition coefficient (Wildman–Crippen LogP) is 7.85. The van der Waals surface area contributed by atoms with Gasteiger partial charge in [-0.3, -0.25) is 0 Å². The summed E-state index contributed by atoms with van der Waals surface area (Å²) in [6.07, 6.45) is 4.38. The molecule has 0 bridgehead atoms. The summed E-state index contributed by atoms with van der Waals surface area (Å²) in [6, 6.07) is 10.9. The highest BCUT2D eigenvalue weighted by molar-refractivity contribution is 6.83. The molecule has 0 heterocycles. The first-order chi connectivity index (χ1) is 16.2. The fourth-order valence-corrected chi connectivity index (χ4v) is 13.0. The summed E-state index contributed by atoms with van der Waals surface area (Å²) in [7, 11) is -5.46. The first kappa shape index (κ1) is 33.5. The molecular formula is C30H58O4Si2. The smallest absolute Gasteiger partial charge is 0.373 e. The summed E-state index contributed by atoms with van der Waals surface area (Å²) in [4.78, 5) is 0. The van der Waals surface area contributed by atoms with Crippen molar-refractivity contribution < 1.29 is 17.7 Å². The topological polar surface area (TPSA) is 36.9 Å². The fraction of sp³-hybridized carbons (Fsp3) is 0.800. The van der Waals surface area contributed by atoms with Crippen molar-refractivity contribution >= 4 is 27.5 Å². The Labute approximate surface area is 226 Å². The highest BCUT2D eigenvalue weighted by Gasteiger charge is 2.48. The molecule has 0 fully saturated rings. The normalized spacial score (nSPS) is 14.4. The van der Waals surface area contributed by atoms with Crippen LogP contribution in [0.1, 0.15) is 123 Å². The van der Waals surface area contributed by atoms with E-state index in [4.69, 9.17) is 17.7 Å². The summed E-state index contributed by atoms with van der Waals surface area (Å²) in [5.74, 6) is 0. The molecule has 0 aromatic heterocycles. The van der Waals surface area contributed by atoms with Gasteiger partial charge in [-0.2, -0.15) is 0 Å². The second kappa shape index (κ2) is 12.6.